The number of hydrogen-bond donors (Lipinski definition) is 1. The van der Waals surface area contributed by atoms with Crippen molar-refractivity contribution in [2.45, 2.75) is 45.8 Å². The van der Waals surface area contributed by atoms with E-state index in [4.69, 9.17) is 0 Å². The second kappa shape index (κ2) is 8.12. The summed E-state index contributed by atoms with van der Waals surface area (Å²) in [6.45, 7) is 4.26. The molecule has 4 heterocycles. The standard InChI is InChI=1S/C23H23N7O3/c1-3-28-20-18(22(32)29(4-2)23(28)33)26-19(27-20)14-7-10-17(25-13-14)30(16-8-9-16)21(31)15-6-5-11-24-12-15/h5-7,10-13,16H,3-4,8-9H2,1-2H3,(H,26,27). The summed E-state index contributed by atoms with van der Waals surface area (Å²) in [5, 5.41) is 0. The Morgan fingerprint density at radius 1 is 1.12 bits per heavy atom. The van der Waals surface area contributed by atoms with Crippen LogP contribution in [0, 0.1) is 0 Å². The molecule has 1 N–H and O–H groups in total. The lowest BCUT2D eigenvalue weighted by atomic mass is 10.2. The first-order chi connectivity index (χ1) is 16.0. The lowest BCUT2D eigenvalue weighted by molar-refractivity contribution is 0.0984. The largest absolute Gasteiger partial charge is 0.332 e. The van der Waals surface area contributed by atoms with Gasteiger partial charge in [0.1, 0.15) is 17.2 Å². The average Bonchev–Trinajstić information content (AvgIpc) is 3.57. The molecule has 0 radical (unpaired) electrons. The third-order valence-electron chi connectivity index (χ3n) is 5.80. The van der Waals surface area contributed by atoms with Crippen LogP contribution in [0.15, 0.2) is 52.4 Å². The number of aryl methyl sites for hydroxylation is 1. The van der Waals surface area contributed by atoms with Gasteiger partial charge in [-0.25, -0.2) is 14.8 Å². The van der Waals surface area contributed by atoms with E-state index in [1.165, 1.54) is 9.13 Å². The van der Waals surface area contributed by atoms with Crippen LogP contribution in [0.4, 0.5) is 5.82 Å². The summed E-state index contributed by atoms with van der Waals surface area (Å²) in [6.07, 6.45) is 6.66. The van der Waals surface area contributed by atoms with Gasteiger partial charge in [0.05, 0.1) is 5.56 Å². The van der Waals surface area contributed by atoms with Gasteiger partial charge in [-0.2, -0.15) is 0 Å². The van der Waals surface area contributed by atoms with Gasteiger partial charge in [-0.15, -0.1) is 0 Å². The Hall–Kier alpha value is -4.08. The fraction of sp³-hybridized carbons (Fsp3) is 0.304. The normalized spacial score (nSPS) is 13.4. The van der Waals surface area contributed by atoms with E-state index >= 15 is 0 Å². The molecule has 33 heavy (non-hydrogen) atoms. The topological polar surface area (TPSA) is 119 Å². The number of nitrogens with zero attached hydrogens (tertiary/aromatic N) is 6. The number of fused-ring (bicyclic) bond motifs is 1. The van der Waals surface area contributed by atoms with Crippen molar-refractivity contribution < 1.29 is 4.79 Å². The first kappa shape index (κ1) is 20.8. The summed E-state index contributed by atoms with van der Waals surface area (Å²) in [5.41, 5.74) is 0.992. The average molecular weight is 445 g/mol. The third-order valence-corrected chi connectivity index (χ3v) is 5.80. The summed E-state index contributed by atoms with van der Waals surface area (Å²) >= 11 is 0. The molecule has 1 aliphatic rings. The number of carbonyl (C=O) groups is 1. The number of carbonyl (C=O) groups excluding carboxylic acids is 1. The highest BCUT2D eigenvalue weighted by Crippen LogP contribution is 2.32. The third kappa shape index (κ3) is 3.53. The summed E-state index contributed by atoms with van der Waals surface area (Å²) in [7, 11) is 0. The molecule has 0 aliphatic heterocycles. The Morgan fingerprint density at radius 2 is 1.91 bits per heavy atom. The lowest BCUT2D eigenvalue weighted by Gasteiger charge is -2.21. The summed E-state index contributed by atoms with van der Waals surface area (Å²) in [5.74, 6) is 0.847. The number of rotatable bonds is 6. The van der Waals surface area contributed by atoms with E-state index in [0.29, 0.717) is 35.0 Å². The molecule has 5 rings (SSSR count). The minimum absolute atomic E-state index is 0.119. The maximum absolute atomic E-state index is 13.1. The molecule has 10 heteroatoms. The molecular weight excluding hydrogens is 422 g/mol. The van der Waals surface area contributed by atoms with E-state index < -0.39 is 5.56 Å². The van der Waals surface area contributed by atoms with Crippen molar-refractivity contribution in [2.75, 3.05) is 4.90 Å². The minimum atomic E-state index is -0.396. The van der Waals surface area contributed by atoms with E-state index in [1.807, 2.05) is 6.92 Å². The van der Waals surface area contributed by atoms with Crippen molar-refractivity contribution >= 4 is 22.9 Å². The maximum atomic E-state index is 13.1. The Kier molecular flexibility index (Phi) is 5.12. The molecule has 1 fully saturated rings. The summed E-state index contributed by atoms with van der Waals surface area (Å²) < 4.78 is 2.66. The first-order valence-corrected chi connectivity index (χ1v) is 11.0. The Bertz CT molecular complexity index is 1450. The number of pyridine rings is 2. The van der Waals surface area contributed by atoms with Crippen molar-refractivity contribution in [2.24, 2.45) is 0 Å². The first-order valence-electron chi connectivity index (χ1n) is 11.0. The van der Waals surface area contributed by atoms with Gasteiger partial charge in [-0.05, 0) is 51.0 Å². The molecule has 0 spiro atoms. The van der Waals surface area contributed by atoms with Gasteiger partial charge in [-0.3, -0.25) is 28.6 Å². The zero-order chi connectivity index (χ0) is 23.1. The maximum Gasteiger partial charge on any atom is 0.332 e. The SMILES string of the molecule is CCn1c(=O)c2[nH]c(-c3ccc(N(C(=O)c4cccnc4)C4CC4)nc3)nc2n(CC)c1=O. The van der Waals surface area contributed by atoms with E-state index in [2.05, 4.69) is 19.9 Å². The van der Waals surface area contributed by atoms with Crippen LogP contribution in [0.2, 0.25) is 0 Å². The number of aromatic nitrogens is 6. The molecule has 4 aromatic heterocycles. The number of imidazole rings is 1. The molecule has 1 aliphatic carbocycles. The van der Waals surface area contributed by atoms with Crippen LogP contribution in [-0.2, 0) is 13.1 Å². The van der Waals surface area contributed by atoms with Crippen LogP contribution in [-0.4, -0.2) is 41.0 Å². The number of nitrogens with one attached hydrogen (secondary N) is 1. The molecule has 4 aromatic rings. The molecule has 0 aromatic carbocycles. The monoisotopic (exact) mass is 445 g/mol. The van der Waals surface area contributed by atoms with Crippen LogP contribution in [0.5, 0.6) is 0 Å². The lowest BCUT2D eigenvalue weighted by Crippen LogP contribution is -2.39. The van der Waals surface area contributed by atoms with Crippen LogP contribution >= 0.6 is 0 Å². The minimum Gasteiger partial charge on any atom is -0.332 e. The Labute approximate surface area is 188 Å². The molecular formula is C23H23N7O3. The second-order valence-electron chi connectivity index (χ2n) is 7.91. The zero-order valence-electron chi connectivity index (χ0n) is 18.4. The quantitative estimate of drug-likeness (QED) is 0.486. The van der Waals surface area contributed by atoms with Crippen molar-refractivity contribution in [3.63, 3.8) is 0 Å². The highest BCUT2D eigenvalue weighted by molar-refractivity contribution is 6.06. The Balaban J connectivity index is 1.53. The van der Waals surface area contributed by atoms with Crippen LogP contribution in [0.3, 0.4) is 0 Å². The van der Waals surface area contributed by atoms with Crippen molar-refractivity contribution in [3.8, 4) is 11.4 Å². The number of amides is 1. The van der Waals surface area contributed by atoms with Crippen LogP contribution in [0.1, 0.15) is 37.0 Å². The van der Waals surface area contributed by atoms with Gasteiger partial charge >= 0.3 is 5.69 Å². The fourth-order valence-corrected chi connectivity index (χ4v) is 3.95. The van der Waals surface area contributed by atoms with E-state index in [-0.39, 0.29) is 29.7 Å². The molecule has 1 saturated carbocycles. The molecule has 0 saturated heterocycles. The predicted octanol–water partition coefficient (Wildman–Crippen LogP) is 2.19. The van der Waals surface area contributed by atoms with E-state index in [0.717, 1.165) is 12.8 Å². The highest BCUT2D eigenvalue weighted by atomic mass is 16.2. The van der Waals surface area contributed by atoms with Gasteiger partial charge in [0, 0.05) is 43.3 Å². The smallest absolute Gasteiger partial charge is 0.332 e. The van der Waals surface area contributed by atoms with E-state index in [9.17, 15) is 14.4 Å². The molecule has 1 amide bonds. The van der Waals surface area contributed by atoms with E-state index in [1.54, 1.807) is 54.7 Å². The molecule has 10 nitrogen and oxygen atoms in total. The summed E-state index contributed by atoms with van der Waals surface area (Å²) in [4.78, 5) is 56.2. The van der Waals surface area contributed by atoms with Crippen LogP contribution < -0.4 is 16.1 Å². The zero-order valence-corrected chi connectivity index (χ0v) is 18.4. The van der Waals surface area contributed by atoms with Gasteiger partial charge < -0.3 is 4.98 Å². The molecule has 0 bridgehead atoms. The number of anilines is 1. The molecule has 0 unspecified atom stereocenters. The number of hydrogen-bond acceptors (Lipinski definition) is 6. The summed E-state index contributed by atoms with van der Waals surface area (Å²) in [6, 6.07) is 7.17. The highest BCUT2D eigenvalue weighted by Gasteiger charge is 2.35. The van der Waals surface area contributed by atoms with Crippen molar-refractivity contribution in [3.05, 3.63) is 69.3 Å². The van der Waals surface area contributed by atoms with Gasteiger partial charge in [0.2, 0.25) is 0 Å². The van der Waals surface area contributed by atoms with Crippen molar-refractivity contribution in [1.82, 2.24) is 29.1 Å². The fourth-order valence-electron chi connectivity index (χ4n) is 3.95. The second-order valence-corrected chi connectivity index (χ2v) is 7.91. The van der Waals surface area contributed by atoms with Crippen LogP contribution in [0.25, 0.3) is 22.6 Å². The van der Waals surface area contributed by atoms with Crippen molar-refractivity contribution in [1.29, 1.82) is 0 Å². The predicted molar refractivity (Wildman–Crippen MR) is 123 cm³/mol. The number of aromatic amines is 1. The van der Waals surface area contributed by atoms with Gasteiger partial charge in [-0.1, -0.05) is 0 Å². The molecule has 168 valence electrons. The van der Waals surface area contributed by atoms with Gasteiger partial charge in [0.25, 0.3) is 11.5 Å². The Morgan fingerprint density at radius 3 is 2.52 bits per heavy atom. The van der Waals surface area contributed by atoms with Gasteiger partial charge in [0.15, 0.2) is 5.65 Å². The molecule has 0 atom stereocenters. The number of H-pyrrole nitrogens is 1.